The summed E-state index contributed by atoms with van der Waals surface area (Å²) in [7, 11) is 1.83. The van der Waals surface area contributed by atoms with Crippen molar-refractivity contribution in [2.45, 2.75) is 31.5 Å². The largest absolute Gasteiger partial charge is 0.317 e. The van der Waals surface area contributed by atoms with Crippen LogP contribution in [0.25, 0.3) is 0 Å². The van der Waals surface area contributed by atoms with E-state index in [1.54, 1.807) is 0 Å². The van der Waals surface area contributed by atoms with Crippen molar-refractivity contribution in [2.75, 3.05) is 26.7 Å². The van der Waals surface area contributed by atoms with Crippen molar-refractivity contribution in [3.05, 3.63) is 35.9 Å². The maximum absolute atomic E-state index is 11.9. The SMILES string of the molecule is CNCCONC(=O)[C@@H]1CC[C@@H](NOCc2ccccc2)CN1. The van der Waals surface area contributed by atoms with Crippen LogP contribution in [0.4, 0.5) is 0 Å². The van der Waals surface area contributed by atoms with E-state index >= 15 is 0 Å². The Morgan fingerprint density at radius 2 is 2.09 bits per heavy atom. The molecule has 1 aliphatic rings. The quantitative estimate of drug-likeness (QED) is 0.381. The van der Waals surface area contributed by atoms with Gasteiger partial charge in [-0.15, -0.1) is 0 Å². The second-order valence-corrected chi connectivity index (χ2v) is 5.55. The molecule has 1 aliphatic heterocycles. The zero-order chi connectivity index (χ0) is 16.3. The van der Waals surface area contributed by atoms with Crippen molar-refractivity contribution >= 4 is 5.91 Å². The Labute approximate surface area is 137 Å². The molecule has 0 aromatic heterocycles. The number of hydroxylamine groups is 2. The first kappa shape index (κ1) is 17.8. The molecular weight excluding hydrogens is 296 g/mol. The molecule has 1 aromatic rings. The summed E-state index contributed by atoms with van der Waals surface area (Å²) in [6.45, 7) is 2.36. The maximum Gasteiger partial charge on any atom is 0.260 e. The van der Waals surface area contributed by atoms with Gasteiger partial charge in [0.2, 0.25) is 0 Å². The normalized spacial score (nSPS) is 21.1. The molecule has 0 radical (unpaired) electrons. The molecule has 7 nitrogen and oxygen atoms in total. The molecule has 7 heteroatoms. The van der Waals surface area contributed by atoms with E-state index in [0.29, 0.717) is 26.3 Å². The Hall–Kier alpha value is -1.51. The van der Waals surface area contributed by atoms with Crippen LogP contribution in [-0.2, 0) is 21.1 Å². The highest BCUT2D eigenvalue weighted by atomic mass is 16.7. The predicted molar refractivity (Wildman–Crippen MR) is 87.2 cm³/mol. The molecule has 0 unspecified atom stereocenters. The van der Waals surface area contributed by atoms with E-state index in [-0.39, 0.29) is 18.0 Å². The van der Waals surface area contributed by atoms with Gasteiger partial charge in [-0.3, -0.25) is 14.5 Å². The van der Waals surface area contributed by atoms with Gasteiger partial charge in [0.05, 0.1) is 19.3 Å². The minimum atomic E-state index is -0.211. The second kappa shape index (κ2) is 10.3. The van der Waals surface area contributed by atoms with Crippen LogP contribution >= 0.6 is 0 Å². The molecule has 1 aromatic carbocycles. The summed E-state index contributed by atoms with van der Waals surface area (Å²) >= 11 is 0. The number of nitrogens with one attached hydrogen (secondary N) is 4. The molecule has 1 heterocycles. The fraction of sp³-hybridized carbons (Fsp3) is 0.562. The first-order valence-electron chi connectivity index (χ1n) is 8.00. The summed E-state index contributed by atoms with van der Waals surface area (Å²) in [6.07, 6.45) is 1.62. The van der Waals surface area contributed by atoms with Crippen LogP contribution in [0.2, 0.25) is 0 Å². The highest BCUT2D eigenvalue weighted by molar-refractivity contribution is 5.80. The van der Waals surface area contributed by atoms with Gasteiger partial charge in [-0.05, 0) is 25.5 Å². The average molecular weight is 322 g/mol. The van der Waals surface area contributed by atoms with Crippen molar-refractivity contribution < 1.29 is 14.5 Å². The zero-order valence-corrected chi connectivity index (χ0v) is 13.5. The van der Waals surface area contributed by atoms with E-state index < -0.39 is 0 Å². The molecule has 0 spiro atoms. The van der Waals surface area contributed by atoms with Gasteiger partial charge >= 0.3 is 0 Å². The number of carbonyl (C=O) groups is 1. The Morgan fingerprint density at radius 3 is 2.78 bits per heavy atom. The molecule has 0 saturated carbocycles. The number of carbonyl (C=O) groups excluding carboxylic acids is 1. The second-order valence-electron chi connectivity index (χ2n) is 5.55. The van der Waals surface area contributed by atoms with Crippen molar-refractivity contribution in [1.82, 2.24) is 21.6 Å². The van der Waals surface area contributed by atoms with Crippen molar-refractivity contribution in [1.29, 1.82) is 0 Å². The van der Waals surface area contributed by atoms with Crippen LogP contribution < -0.4 is 21.6 Å². The van der Waals surface area contributed by atoms with Gasteiger partial charge in [0.1, 0.15) is 0 Å². The van der Waals surface area contributed by atoms with E-state index in [4.69, 9.17) is 9.68 Å². The molecule has 2 atom stereocenters. The lowest BCUT2D eigenvalue weighted by Crippen LogP contribution is -2.53. The number of rotatable bonds is 9. The maximum atomic E-state index is 11.9. The highest BCUT2D eigenvalue weighted by Crippen LogP contribution is 2.09. The van der Waals surface area contributed by atoms with Gasteiger partial charge in [0.25, 0.3) is 5.91 Å². The van der Waals surface area contributed by atoms with Gasteiger partial charge in [-0.2, -0.15) is 5.48 Å². The van der Waals surface area contributed by atoms with E-state index in [1.165, 1.54) is 0 Å². The standard InChI is InChI=1S/C16H26N4O3/c1-17-9-10-22-20-16(21)15-8-7-14(11-18-15)19-23-12-13-5-3-2-4-6-13/h2-6,14-15,17-19H,7-12H2,1H3,(H,20,21)/t14-,15+/m1/s1. The van der Waals surface area contributed by atoms with Crippen LogP contribution in [0.15, 0.2) is 30.3 Å². The summed E-state index contributed by atoms with van der Waals surface area (Å²) < 4.78 is 0. The van der Waals surface area contributed by atoms with Crippen LogP contribution in [0.1, 0.15) is 18.4 Å². The molecule has 2 rings (SSSR count). The fourth-order valence-corrected chi connectivity index (χ4v) is 2.34. The molecule has 128 valence electrons. The third-order valence-electron chi connectivity index (χ3n) is 3.69. The monoisotopic (exact) mass is 322 g/mol. The summed E-state index contributed by atoms with van der Waals surface area (Å²) in [5.74, 6) is -0.121. The Kier molecular flexibility index (Phi) is 7.99. The van der Waals surface area contributed by atoms with Gasteiger partial charge in [0, 0.05) is 19.1 Å². The van der Waals surface area contributed by atoms with Gasteiger partial charge in [-0.1, -0.05) is 30.3 Å². The molecule has 0 bridgehead atoms. The summed E-state index contributed by atoms with van der Waals surface area (Å²) in [6, 6.07) is 10.00. The zero-order valence-electron chi connectivity index (χ0n) is 13.5. The van der Waals surface area contributed by atoms with Gasteiger partial charge in [-0.25, -0.2) is 5.48 Å². The van der Waals surface area contributed by atoms with Gasteiger partial charge < -0.3 is 10.6 Å². The molecule has 0 aliphatic carbocycles. The van der Waals surface area contributed by atoms with Crippen LogP contribution in [0.3, 0.4) is 0 Å². The van der Waals surface area contributed by atoms with Crippen LogP contribution in [-0.4, -0.2) is 44.7 Å². The smallest absolute Gasteiger partial charge is 0.260 e. The highest BCUT2D eigenvalue weighted by Gasteiger charge is 2.25. The number of hydrogen-bond acceptors (Lipinski definition) is 6. The average Bonchev–Trinajstić information content (AvgIpc) is 2.60. The van der Waals surface area contributed by atoms with E-state index in [9.17, 15) is 4.79 Å². The third-order valence-corrected chi connectivity index (χ3v) is 3.69. The lowest BCUT2D eigenvalue weighted by molar-refractivity contribution is -0.136. The number of likely N-dealkylation sites (N-methyl/N-ethyl adjacent to an activating group) is 1. The van der Waals surface area contributed by atoms with Crippen molar-refractivity contribution in [2.24, 2.45) is 0 Å². The summed E-state index contributed by atoms with van der Waals surface area (Å²) in [5, 5.41) is 6.15. The first-order valence-corrected chi connectivity index (χ1v) is 8.00. The third kappa shape index (κ3) is 6.64. The Balaban J connectivity index is 1.57. The molecule has 4 N–H and O–H groups in total. The number of piperidine rings is 1. The topological polar surface area (TPSA) is 83.7 Å². The molecule has 23 heavy (non-hydrogen) atoms. The van der Waals surface area contributed by atoms with E-state index in [0.717, 1.165) is 18.4 Å². The van der Waals surface area contributed by atoms with E-state index in [1.807, 2.05) is 37.4 Å². The molecular formula is C16H26N4O3. The van der Waals surface area contributed by atoms with Crippen LogP contribution in [0, 0.1) is 0 Å². The van der Waals surface area contributed by atoms with Crippen molar-refractivity contribution in [3.8, 4) is 0 Å². The van der Waals surface area contributed by atoms with Crippen LogP contribution in [0.5, 0.6) is 0 Å². The fourth-order valence-electron chi connectivity index (χ4n) is 2.34. The minimum Gasteiger partial charge on any atom is -0.317 e. The molecule has 1 saturated heterocycles. The summed E-state index contributed by atoms with van der Waals surface area (Å²) in [4.78, 5) is 22.5. The molecule has 1 amide bonds. The summed E-state index contributed by atoms with van der Waals surface area (Å²) in [5.41, 5.74) is 6.65. The van der Waals surface area contributed by atoms with Gasteiger partial charge in [0.15, 0.2) is 0 Å². The van der Waals surface area contributed by atoms with Crippen molar-refractivity contribution in [3.63, 3.8) is 0 Å². The lowest BCUT2D eigenvalue weighted by Gasteiger charge is -2.29. The van der Waals surface area contributed by atoms with E-state index in [2.05, 4.69) is 21.6 Å². The number of hydrogen-bond donors (Lipinski definition) is 4. The predicted octanol–water partition coefficient (Wildman–Crippen LogP) is 0.0956. The Morgan fingerprint density at radius 1 is 1.26 bits per heavy atom. The molecule has 1 fully saturated rings. The first-order chi connectivity index (χ1) is 11.3. The number of benzene rings is 1. The Bertz CT molecular complexity index is 450. The number of amides is 1. The minimum absolute atomic E-state index is 0.121. The lowest BCUT2D eigenvalue weighted by atomic mass is 10.0.